The number of anilines is 1. The van der Waals surface area contributed by atoms with Crippen LogP contribution in [0.5, 0.6) is 0 Å². The fourth-order valence-corrected chi connectivity index (χ4v) is 6.45. The van der Waals surface area contributed by atoms with Crippen molar-refractivity contribution < 1.29 is 9.00 Å². The van der Waals surface area contributed by atoms with Gasteiger partial charge in [0.2, 0.25) is 0 Å². The van der Waals surface area contributed by atoms with Crippen molar-refractivity contribution in [1.29, 1.82) is 0 Å². The third kappa shape index (κ3) is 5.28. The van der Waals surface area contributed by atoms with E-state index in [1.54, 1.807) is 6.20 Å². The molecule has 0 spiro atoms. The van der Waals surface area contributed by atoms with Crippen LogP contribution < -0.4 is 5.32 Å². The first-order valence-corrected chi connectivity index (χ1v) is 12.9. The highest BCUT2D eigenvalue weighted by molar-refractivity contribution is 7.81. The fraction of sp³-hybridized carbons (Fsp3) is 0.545. The molecule has 1 aliphatic carbocycles. The molecule has 30 heavy (non-hydrogen) atoms. The monoisotopic (exact) mass is 446 g/mol. The Hall–Kier alpha value is -1.77. The summed E-state index contributed by atoms with van der Waals surface area (Å²) in [6, 6.07) is 10.5. The van der Waals surface area contributed by atoms with Gasteiger partial charge in [-0.1, -0.05) is 43.2 Å². The Kier molecular flexibility index (Phi) is 7.17. The molecular formula is C22H30N4O2S2. The molecule has 4 rings (SSSR count). The van der Waals surface area contributed by atoms with E-state index in [0.29, 0.717) is 16.9 Å². The lowest BCUT2D eigenvalue weighted by Gasteiger charge is -2.40. The van der Waals surface area contributed by atoms with E-state index in [-0.39, 0.29) is 12.1 Å². The van der Waals surface area contributed by atoms with E-state index < -0.39 is 11.0 Å². The lowest BCUT2D eigenvalue weighted by atomic mass is 10.0. The van der Waals surface area contributed by atoms with Crippen molar-refractivity contribution in [3.8, 4) is 0 Å². The van der Waals surface area contributed by atoms with E-state index in [1.807, 2.05) is 37.3 Å². The molecule has 6 nitrogen and oxygen atoms in total. The van der Waals surface area contributed by atoms with Crippen molar-refractivity contribution in [2.45, 2.75) is 63.3 Å². The van der Waals surface area contributed by atoms with Crippen molar-refractivity contribution >= 4 is 33.5 Å². The van der Waals surface area contributed by atoms with Gasteiger partial charge in [0, 0.05) is 36.2 Å². The zero-order valence-electron chi connectivity index (χ0n) is 17.5. The highest BCUT2D eigenvalue weighted by atomic mass is 32.2. The van der Waals surface area contributed by atoms with Crippen molar-refractivity contribution in [1.82, 2.24) is 14.2 Å². The van der Waals surface area contributed by atoms with Gasteiger partial charge in [-0.2, -0.15) is 0 Å². The number of hydrogen-bond acceptors (Lipinski definition) is 4. The van der Waals surface area contributed by atoms with Crippen molar-refractivity contribution in [3.05, 3.63) is 47.0 Å². The van der Waals surface area contributed by atoms with Gasteiger partial charge in [0.05, 0.1) is 16.7 Å². The number of rotatable bonds is 6. The topological polar surface area (TPSA) is 65.5 Å². The maximum absolute atomic E-state index is 13.2. The number of amides is 2. The highest BCUT2D eigenvalue weighted by Crippen LogP contribution is 2.30. The van der Waals surface area contributed by atoms with Crippen LogP contribution in [-0.4, -0.2) is 49.6 Å². The number of benzene rings is 1. The van der Waals surface area contributed by atoms with Crippen LogP contribution in [0.4, 0.5) is 9.93 Å². The second kappa shape index (κ2) is 10.0. The van der Waals surface area contributed by atoms with Gasteiger partial charge in [0.1, 0.15) is 0 Å². The molecule has 1 aromatic carbocycles. The minimum atomic E-state index is -1.02. The third-order valence-corrected chi connectivity index (χ3v) is 8.38. The summed E-state index contributed by atoms with van der Waals surface area (Å²) in [4.78, 5) is 20.6. The summed E-state index contributed by atoms with van der Waals surface area (Å²) in [6.45, 7) is 3.52. The van der Waals surface area contributed by atoms with E-state index in [0.717, 1.165) is 49.2 Å². The molecule has 1 unspecified atom stereocenters. The molecule has 2 fully saturated rings. The van der Waals surface area contributed by atoms with Gasteiger partial charge in [0.15, 0.2) is 5.13 Å². The quantitative estimate of drug-likeness (QED) is 0.708. The molecule has 1 saturated carbocycles. The average molecular weight is 447 g/mol. The summed E-state index contributed by atoms with van der Waals surface area (Å²) in [7, 11) is -1.02. The summed E-state index contributed by atoms with van der Waals surface area (Å²) >= 11 is 1.51. The molecule has 2 aliphatic rings. The molecule has 1 N–H and O–H groups in total. The molecule has 0 radical (unpaired) electrons. The molecule has 1 aromatic heterocycles. The van der Waals surface area contributed by atoms with E-state index >= 15 is 0 Å². The lowest BCUT2D eigenvalue weighted by molar-refractivity contribution is 0.126. The Labute approximate surface area is 185 Å². The number of nitrogens with zero attached hydrogens (tertiary/aromatic N) is 3. The molecule has 2 amide bonds. The van der Waals surface area contributed by atoms with Gasteiger partial charge in [0.25, 0.3) is 0 Å². The second-order valence-corrected chi connectivity index (χ2v) is 10.8. The molecule has 1 saturated heterocycles. The fourth-order valence-electron chi connectivity index (χ4n) is 4.51. The van der Waals surface area contributed by atoms with Crippen LogP contribution in [0.1, 0.15) is 49.0 Å². The van der Waals surface area contributed by atoms with Crippen LogP contribution in [0.3, 0.4) is 0 Å². The van der Waals surface area contributed by atoms with Gasteiger partial charge in [-0.15, -0.1) is 11.3 Å². The Morgan fingerprint density at radius 2 is 1.83 bits per heavy atom. The molecule has 2 aromatic rings. The molecular weight excluding hydrogens is 416 g/mol. The molecule has 1 atom stereocenters. The van der Waals surface area contributed by atoms with E-state index in [1.165, 1.54) is 24.2 Å². The maximum Gasteiger partial charge on any atom is 0.324 e. The SMILES string of the molecule is Cc1cnc(NC(=O)N(C2CCCC2)C2CCN(S(=O)Cc3ccccc3)CC2)s1. The van der Waals surface area contributed by atoms with Crippen LogP contribution >= 0.6 is 11.3 Å². The van der Waals surface area contributed by atoms with Crippen LogP contribution in [0.25, 0.3) is 0 Å². The normalized spacial score (nSPS) is 19.6. The first-order valence-electron chi connectivity index (χ1n) is 10.8. The van der Waals surface area contributed by atoms with Crippen LogP contribution in [0, 0.1) is 6.92 Å². The largest absolute Gasteiger partial charge is 0.324 e. The minimum Gasteiger partial charge on any atom is -0.318 e. The molecule has 2 heterocycles. The lowest BCUT2D eigenvalue weighted by Crippen LogP contribution is -2.52. The zero-order chi connectivity index (χ0) is 20.9. The van der Waals surface area contributed by atoms with Crippen LogP contribution in [-0.2, 0) is 16.7 Å². The Bertz CT molecular complexity index is 859. The minimum absolute atomic E-state index is 0.0277. The second-order valence-electron chi connectivity index (χ2n) is 8.16. The predicted octanol–water partition coefficient (Wildman–Crippen LogP) is 4.56. The number of hydrogen-bond donors (Lipinski definition) is 1. The zero-order valence-corrected chi connectivity index (χ0v) is 19.1. The first kappa shape index (κ1) is 21.5. The van der Waals surface area contributed by atoms with Gasteiger partial charge >= 0.3 is 6.03 Å². The number of piperidine rings is 1. The smallest absolute Gasteiger partial charge is 0.318 e. The number of nitrogens with one attached hydrogen (secondary N) is 1. The van der Waals surface area contributed by atoms with Gasteiger partial charge < -0.3 is 4.90 Å². The molecule has 0 bridgehead atoms. The highest BCUT2D eigenvalue weighted by Gasteiger charge is 2.35. The number of urea groups is 1. The predicted molar refractivity (Wildman–Crippen MR) is 123 cm³/mol. The first-order chi connectivity index (χ1) is 14.6. The number of aromatic nitrogens is 1. The Balaban J connectivity index is 1.37. The van der Waals surface area contributed by atoms with E-state index in [4.69, 9.17) is 0 Å². The van der Waals surface area contributed by atoms with Crippen molar-refractivity contribution in [3.63, 3.8) is 0 Å². The number of carbonyl (C=O) groups is 1. The summed E-state index contributed by atoms with van der Waals surface area (Å²) in [5.41, 5.74) is 1.10. The van der Waals surface area contributed by atoms with Crippen molar-refractivity contribution in [2.24, 2.45) is 0 Å². The molecule has 8 heteroatoms. The Morgan fingerprint density at radius 3 is 2.47 bits per heavy atom. The summed E-state index contributed by atoms with van der Waals surface area (Å²) in [5.74, 6) is 0.557. The van der Waals surface area contributed by atoms with E-state index in [2.05, 4.69) is 19.5 Å². The van der Waals surface area contributed by atoms with Gasteiger partial charge in [-0.05, 0) is 38.2 Å². The number of thiazole rings is 1. The Morgan fingerprint density at radius 1 is 1.17 bits per heavy atom. The third-order valence-electron chi connectivity index (χ3n) is 6.03. The average Bonchev–Trinajstić information content (AvgIpc) is 3.41. The molecule has 1 aliphatic heterocycles. The standard InChI is InChI=1S/C22H30N4O2S2/c1-17-15-23-21(29-17)24-22(27)26(19-9-5-6-10-19)20-11-13-25(14-12-20)30(28)16-18-7-3-2-4-8-18/h2-4,7-8,15,19-20H,5-6,9-14,16H2,1H3,(H,23,24,27). The van der Waals surface area contributed by atoms with E-state index in [9.17, 15) is 9.00 Å². The summed E-state index contributed by atoms with van der Waals surface area (Å²) < 4.78 is 14.9. The maximum atomic E-state index is 13.2. The molecule has 162 valence electrons. The van der Waals surface area contributed by atoms with Gasteiger partial charge in [-0.25, -0.2) is 18.3 Å². The number of carbonyl (C=O) groups excluding carboxylic acids is 1. The van der Waals surface area contributed by atoms with Gasteiger partial charge in [-0.3, -0.25) is 5.32 Å². The number of aryl methyl sites for hydroxylation is 1. The summed E-state index contributed by atoms with van der Waals surface area (Å²) in [6.07, 6.45) is 8.04. The van der Waals surface area contributed by atoms with Crippen molar-refractivity contribution in [2.75, 3.05) is 18.4 Å². The summed E-state index contributed by atoms with van der Waals surface area (Å²) in [5, 5.41) is 3.69. The van der Waals surface area contributed by atoms with Crippen LogP contribution in [0.15, 0.2) is 36.5 Å². The van der Waals surface area contributed by atoms with Crippen LogP contribution in [0.2, 0.25) is 0 Å².